The van der Waals surface area contributed by atoms with E-state index in [4.69, 9.17) is 0 Å². The lowest BCUT2D eigenvalue weighted by molar-refractivity contribution is -0.140. The maximum Gasteiger partial charge on any atom is 0.416 e. The Morgan fingerprint density at radius 2 is 1.37 bits per heavy atom. The van der Waals surface area contributed by atoms with Crippen molar-refractivity contribution in [2.75, 3.05) is 13.7 Å². The molecule has 7 heteroatoms. The van der Waals surface area contributed by atoms with E-state index in [0.717, 1.165) is 60.1 Å². The zero-order valence-corrected chi connectivity index (χ0v) is 21.8. The van der Waals surface area contributed by atoms with Gasteiger partial charge in [-0.05, 0) is 52.9 Å². The molecule has 0 aliphatic carbocycles. The fourth-order valence-electron chi connectivity index (χ4n) is 4.41. The van der Waals surface area contributed by atoms with E-state index in [1.165, 1.54) is 25.7 Å². The Bertz CT molecular complexity index is 1170. The molecule has 1 atom stereocenters. The van der Waals surface area contributed by atoms with Crippen molar-refractivity contribution in [3.8, 4) is 11.1 Å². The summed E-state index contributed by atoms with van der Waals surface area (Å²) in [6.07, 6.45) is 1.22. The Morgan fingerprint density at radius 1 is 0.816 bits per heavy atom. The lowest BCUT2D eigenvalue weighted by Crippen LogP contribution is -2.26. The SMILES string of the molecule is CCCCCC[C@@H](c1ccc(C(=O)NCCC(=O)OC)cc1)c1ccc(-c2ccc(C(F)(F)F)cc2)cc1. The number of benzene rings is 3. The van der Waals surface area contributed by atoms with Crippen molar-refractivity contribution in [3.05, 3.63) is 95.1 Å². The van der Waals surface area contributed by atoms with Crippen LogP contribution in [0.5, 0.6) is 0 Å². The molecule has 4 nitrogen and oxygen atoms in total. The summed E-state index contributed by atoms with van der Waals surface area (Å²) >= 11 is 0. The number of ether oxygens (including phenoxy) is 1. The summed E-state index contributed by atoms with van der Waals surface area (Å²) in [6.45, 7) is 2.38. The quantitative estimate of drug-likeness (QED) is 0.194. The molecule has 0 fully saturated rings. The summed E-state index contributed by atoms with van der Waals surface area (Å²) < 4.78 is 43.3. The van der Waals surface area contributed by atoms with E-state index >= 15 is 0 Å². The van der Waals surface area contributed by atoms with Crippen molar-refractivity contribution in [3.63, 3.8) is 0 Å². The molecule has 0 heterocycles. The molecule has 0 saturated carbocycles. The Labute approximate surface area is 222 Å². The number of halogens is 3. The standard InChI is InChI=1S/C31H34F3NO3/c1-3-4-5-6-7-28(25-12-14-26(15-13-25)30(37)35-21-20-29(36)38-2)24-10-8-22(9-11-24)23-16-18-27(19-17-23)31(32,33)34/h8-19,28H,3-7,20-21H2,1-2H3,(H,35,37)/t28-/m1/s1. The molecule has 3 aromatic rings. The van der Waals surface area contributed by atoms with Crippen LogP contribution in [0.3, 0.4) is 0 Å². The number of hydrogen-bond donors (Lipinski definition) is 1. The predicted molar refractivity (Wildman–Crippen MR) is 143 cm³/mol. The molecule has 38 heavy (non-hydrogen) atoms. The summed E-state index contributed by atoms with van der Waals surface area (Å²) in [5.74, 6) is -0.498. The highest BCUT2D eigenvalue weighted by atomic mass is 19.4. The number of amides is 1. The molecule has 0 aliphatic rings. The maximum absolute atomic E-state index is 12.9. The van der Waals surface area contributed by atoms with Crippen LogP contribution in [0.2, 0.25) is 0 Å². The molecule has 1 N–H and O–H groups in total. The number of carbonyl (C=O) groups is 2. The van der Waals surface area contributed by atoms with Gasteiger partial charge in [0.1, 0.15) is 0 Å². The smallest absolute Gasteiger partial charge is 0.416 e. The van der Waals surface area contributed by atoms with Crippen molar-refractivity contribution in [1.29, 1.82) is 0 Å². The Hall–Kier alpha value is -3.61. The third kappa shape index (κ3) is 8.20. The summed E-state index contributed by atoms with van der Waals surface area (Å²) in [5.41, 5.74) is 3.65. The van der Waals surface area contributed by atoms with Crippen LogP contribution in [0.1, 0.15) is 78.4 Å². The van der Waals surface area contributed by atoms with Gasteiger partial charge in [-0.1, -0.05) is 81.1 Å². The minimum atomic E-state index is -4.35. The molecule has 0 aliphatic heterocycles. The average molecular weight is 526 g/mol. The first-order valence-electron chi connectivity index (χ1n) is 13.0. The first-order chi connectivity index (χ1) is 18.2. The number of nitrogens with one attached hydrogen (secondary N) is 1. The number of carbonyl (C=O) groups excluding carboxylic acids is 2. The number of rotatable bonds is 12. The van der Waals surface area contributed by atoms with Crippen LogP contribution in [-0.2, 0) is 15.7 Å². The third-order valence-corrected chi connectivity index (χ3v) is 6.62. The lowest BCUT2D eigenvalue weighted by atomic mass is 9.85. The Balaban J connectivity index is 1.75. The molecule has 0 bridgehead atoms. The van der Waals surface area contributed by atoms with Gasteiger partial charge in [-0.25, -0.2) is 0 Å². The molecule has 3 aromatic carbocycles. The van der Waals surface area contributed by atoms with Crippen LogP contribution in [0.25, 0.3) is 11.1 Å². The molecule has 0 saturated heterocycles. The van der Waals surface area contributed by atoms with Crippen molar-refractivity contribution in [2.24, 2.45) is 0 Å². The molecule has 0 spiro atoms. The maximum atomic E-state index is 12.9. The van der Waals surface area contributed by atoms with Gasteiger partial charge in [0.05, 0.1) is 19.1 Å². The monoisotopic (exact) mass is 525 g/mol. The van der Waals surface area contributed by atoms with E-state index < -0.39 is 11.7 Å². The fourth-order valence-corrected chi connectivity index (χ4v) is 4.41. The topological polar surface area (TPSA) is 55.4 Å². The van der Waals surface area contributed by atoms with E-state index in [1.54, 1.807) is 12.1 Å². The molecule has 3 rings (SSSR count). The van der Waals surface area contributed by atoms with Gasteiger partial charge in [0.25, 0.3) is 5.91 Å². The third-order valence-electron chi connectivity index (χ3n) is 6.62. The highest BCUT2D eigenvalue weighted by molar-refractivity contribution is 5.94. The summed E-state index contributed by atoms with van der Waals surface area (Å²) in [4.78, 5) is 23.7. The highest BCUT2D eigenvalue weighted by Crippen LogP contribution is 2.34. The first-order valence-corrected chi connectivity index (χ1v) is 13.0. The molecule has 0 radical (unpaired) electrons. The summed E-state index contributed by atoms with van der Waals surface area (Å²) in [5, 5.41) is 2.72. The highest BCUT2D eigenvalue weighted by Gasteiger charge is 2.30. The number of hydrogen-bond acceptors (Lipinski definition) is 3. The molecule has 1 amide bonds. The number of esters is 1. The van der Waals surface area contributed by atoms with Gasteiger partial charge in [-0.3, -0.25) is 9.59 Å². The van der Waals surface area contributed by atoms with Crippen LogP contribution in [-0.4, -0.2) is 25.5 Å². The Kier molecular flexibility index (Phi) is 10.5. The van der Waals surface area contributed by atoms with Crippen molar-refractivity contribution in [2.45, 2.75) is 57.5 Å². The van der Waals surface area contributed by atoms with Crippen molar-refractivity contribution < 1.29 is 27.5 Å². The van der Waals surface area contributed by atoms with Gasteiger partial charge in [-0.2, -0.15) is 13.2 Å². The van der Waals surface area contributed by atoms with Crippen molar-refractivity contribution >= 4 is 11.9 Å². The van der Waals surface area contributed by atoms with Gasteiger partial charge < -0.3 is 10.1 Å². The molecule has 202 valence electrons. The number of methoxy groups -OCH3 is 1. The van der Waals surface area contributed by atoms with Gasteiger partial charge in [-0.15, -0.1) is 0 Å². The van der Waals surface area contributed by atoms with E-state index in [-0.39, 0.29) is 30.8 Å². The first kappa shape index (κ1) is 29.0. The fraction of sp³-hybridized carbons (Fsp3) is 0.355. The zero-order chi connectivity index (χ0) is 27.5. The van der Waals surface area contributed by atoms with E-state index in [2.05, 4.69) is 17.0 Å². The van der Waals surface area contributed by atoms with Gasteiger partial charge >= 0.3 is 12.1 Å². The van der Waals surface area contributed by atoms with E-state index in [0.29, 0.717) is 5.56 Å². The second kappa shape index (κ2) is 13.8. The van der Waals surface area contributed by atoms with Crippen LogP contribution in [0, 0.1) is 0 Å². The van der Waals surface area contributed by atoms with Crippen LogP contribution in [0.15, 0.2) is 72.8 Å². The second-order valence-electron chi connectivity index (χ2n) is 9.30. The summed E-state index contributed by atoms with van der Waals surface area (Å²) in [6, 6.07) is 20.7. The lowest BCUT2D eigenvalue weighted by Gasteiger charge is -2.19. The van der Waals surface area contributed by atoms with Crippen LogP contribution in [0.4, 0.5) is 13.2 Å². The largest absolute Gasteiger partial charge is 0.469 e. The number of unbranched alkanes of at least 4 members (excludes halogenated alkanes) is 3. The molecular formula is C31H34F3NO3. The van der Waals surface area contributed by atoms with Crippen LogP contribution >= 0.6 is 0 Å². The normalized spacial score (nSPS) is 12.1. The average Bonchev–Trinajstić information content (AvgIpc) is 2.93. The molecular weight excluding hydrogens is 491 g/mol. The van der Waals surface area contributed by atoms with Gasteiger partial charge in [0.2, 0.25) is 0 Å². The van der Waals surface area contributed by atoms with Crippen molar-refractivity contribution in [1.82, 2.24) is 5.32 Å². The molecule has 0 aromatic heterocycles. The minimum Gasteiger partial charge on any atom is -0.469 e. The molecule has 0 unspecified atom stereocenters. The number of alkyl halides is 3. The summed E-state index contributed by atoms with van der Waals surface area (Å²) in [7, 11) is 1.31. The second-order valence-corrected chi connectivity index (χ2v) is 9.30. The zero-order valence-electron chi connectivity index (χ0n) is 21.8. The Morgan fingerprint density at radius 3 is 1.89 bits per heavy atom. The minimum absolute atomic E-state index is 0.114. The van der Waals surface area contributed by atoms with E-state index in [1.807, 2.05) is 36.4 Å². The van der Waals surface area contributed by atoms with Gasteiger partial charge in [0.15, 0.2) is 0 Å². The predicted octanol–water partition coefficient (Wildman–Crippen LogP) is 7.77. The van der Waals surface area contributed by atoms with E-state index in [9.17, 15) is 22.8 Å². The van der Waals surface area contributed by atoms with Crippen LogP contribution < -0.4 is 5.32 Å². The van der Waals surface area contributed by atoms with Gasteiger partial charge in [0, 0.05) is 18.0 Å².